The van der Waals surface area contributed by atoms with Crippen LogP contribution in [-0.4, -0.2) is 9.13 Å². The molecule has 10 aromatic rings. The molecule has 2 aromatic heterocycles. The van der Waals surface area contributed by atoms with Crippen molar-refractivity contribution in [3.8, 4) is 44.8 Å². The van der Waals surface area contributed by atoms with Gasteiger partial charge in [-0.3, -0.25) is 0 Å². The van der Waals surface area contributed by atoms with Crippen LogP contribution in [0.5, 0.6) is 0 Å². The molecule has 270 valence electrons. The molecule has 1 aliphatic carbocycles. The van der Waals surface area contributed by atoms with Crippen molar-refractivity contribution in [2.45, 2.75) is 13.3 Å². The molecule has 1 atom stereocenters. The van der Waals surface area contributed by atoms with E-state index < -0.39 is 0 Å². The third-order valence-electron chi connectivity index (χ3n) is 11.8. The Kier molecular flexibility index (Phi) is 7.89. The lowest BCUT2D eigenvalue weighted by Crippen LogP contribution is -1.99. The molecule has 0 radical (unpaired) electrons. The van der Waals surface area contributed by atoms with Crippen LogP contribution in [0.4, 0.5) is 0 Å². The van der Waals surface area contributed by atoms with E-state index in [1.165, 1.54) is 93.8 Å². The molecule has 0 aliphatic heterocycles. The second-order valence-corrected chi connectivity index (χ2v) is 15.5. The zero-order valence-electron chi connectivity index (χ0n) is 31.8. The van der Waals surface area contributed by atoms with E-state index in [0.29, 0.717) is 5.92 Å². The van der Waals surface area contributed by atoms with Crippen LogP contribution >= 0.6 is 0 Å². The molecule has 0 saturated heterocycles. The Morgan fingerprint density at radius 2 is 0.860 bits per heavy atom. The van der Waals surface area contributed by atoms with Gasteiger partial charge in [0, 0.05) is 32.9 Å². The van der Waals surface area contributed by atoms with E-state index in [1.807, 2.05) is 0 Å². The Morgan fingerprint density at radius 3 is 1.49 bits per heavy atom. The number of aromatic nitrogens is 2. The van der Waals surface area contributed by atoms with E-state index in [1.54, 1.807) is 0 Å². The second kappa shape index (κ2) is 13.5. The SMILES string of the molecule is CC1C=C(c2cc(-c3ccccc3)cc(-n3c4ccccc4c4cc(-c5ccc6c(c5)c5ccccc5n6-c5cccc(-c6ccccc6)c5)ccc43)c2)C=CC1. The van der Waals surface area contributed by atoms with Crippen molar-refractivity contribution in [1.29, 1.82) is 0 Å². The van der Waals surface area contributed by atoms with Crippen LogP contribution in [0.1, 0.15) is 18.9 Å². The molecule has 0 amide bonds. The van der Waals surface area contributed by atoms with Gasteiger partial charge in [0.1, 0.15) is 0 Å². The zero-order chi connectivity index (χ0) is 37.9. The Bertz CT molecular complexity index is 3210. The zero-order valence-corrected chi connectivity index (χ0v) is 31.8. The van der Waals surface area contributed by atoms with Crippen molar-refractivity contribution in [1.82, 2.24) is 9.13 Å². The molecule has 8 aromatic carbocycles. The lowest BCUT2D eigenvalue weighted by molar-refractivity contribution is 0.740. The topological polar surface area (TPSA) is 9.86 Å². The maximum absolute atomic E-state index is 2.46. The summed E-state index contributed by atoms with van der Waals surface area (Å²) in [5, 5.41) is 5.01. The van der Waals surface area contributed by atoms with Crippen LogP contribution in [0, 0.1) is 5.92 Å². The molecule has 0 fully saturated rings. The number of benzene rings is 8. The molecule has 2 nitrogen and oxygen atoms in total. The lowest BCUT2D eigenvalue weighted by Gasteiger charge is -2.17. The number of fused-ring (bicyclic) bond motifs is 6. The van der Waals surface area contributed by atoms with Crippen molar-refractivity contribution < 1.29 is 0 Å². The van der Waals surface area contributed by atoms with Gasteiger partial charge >= 0.3 is 0 Å². The predicted molar refractivity (Wildman–Crippen MR) is 242 cm³/mol. The van der Waals surface area contributed by atoms with Gasteiger partial charge in [-0.2, -0.15) is 0 Å². The number of allylic oxidation sites excluding steroid dienone is 4. The van der Waals surface area contributed by atoms with E-state index in [2.05, 4.69) is 222 Å². The molecule has 1 aliphatic rings. The predicted octanol–water partition coefficient (Wildman–Crippen LogP) is 14.9. The standard InChI is InChI=1S/C55H40N2/c1-37-14-12-19-40(30-37)45-31-44(39-17-6-3-7-18-39)33-47(34-45)57-53-25-11-9-23-49(53)51-36-43(27-29-55(51)57)42-26-28-54-50(35-42)48-22-8-10-24-52(48)56(54)46-21-13-20-41(32-46)38-15-4-2-5-16-38/h2-13,15-37H,14H2,1H3. The van der Waals surface area contributed by atoms with Crippen LogP contribution in [0.15, 0.2) is 206 Å². The van der Waals surface area contributed by atoms with Crippen molar-refractivity contribution >= 4 is 49.2 Å². The highest BCUT2D eigenvalue weighted by Crippen LogP contribution is 2.40. The summed E-state index contributed by atoms with van der Waals surface area (Å²) >= 11 is 0. The van der Waals surface area contributed by atoms with Gasteiger partial charge in [0.15, 0.2) is 0 Å². The Labute approximate surface area is 332 Å². The fourth-order valence-corrected chi connectivity index (χ4v) is 9.05. The van der Waals surface area contributed by atoms with Gasteiger partial charge in [-0.05, 0) is 124 Å². The van der Waals surface area contributed by atoms with E-state index in [-0.39, 0.29) is 0 Å². The van der Waals surface area contributed by atoms with Gasteiger partial charge in [-0.25, -0.2) is 0 Å². The quantitative estimate of drug-likeness (QED) is 0.161. The minimum Gasteiger partial charge on any atom is -0.309 e. The first-order chi connectivity index (χ1) is 28.2. The fourth-order valence-electron chi connectivity index (χ4n) is 9.05. The Hall–Kier alpha value is -7.16. The summed E-state index contributed by atoms with van der Waals surface area (Å²) in [6.07, 6.45) is 8.11. The summed E-state index contributed by atoms with van der Waals surface area (Å²) in [5.41, 5.74) is 17.0. The maximum atomic E-state index is 2.46. The number of para-hydroxylation sites is 2. The van der Waals surface area contributed by atoms with Gasteiger partial charge in [0.05, 0.1) is 22.1 Å². The summed E-state index contributed by atoms with van der Waals surface area (Å²) in [5.74, 6) is 0.516. The van der Waals surface area contributed by atoms with Crippen LogP contribution in [-0.2, 0) is 0 Å². The van der Waals surface area contributed by atoms with Crippen molar-refractivity contribution in [2.75, 3.05) is 0 Å². The van der Waals surface area contributed by atoms with Crippen molar-refractivity contribution in [2.24, 2.45) is 5.92 Å². The molecular weight excluding hydrogens is 689 g/mol. The first kappa shape index (κ1) is 33.2. The fraction of sp³-hybridized carbons (Fsp3) is 0.0545. The number of nitrogens with zero attached hydrogens (tertiary/aromatic N) is 2. The molecule has 1 unspecified atom stereocenters. The van der Waals surface area contributed by atoms with Gasteiger partial charge in [0.2, 0.25) is 0 Å². The lowest BCUT2D eigenvalue weighted by atomic mass is 9.91. The first-order valence-electron chi connectivity index (χ1n) is 20.0. The van der Waals surface area contributed by atoms with E-state index >= 15 is 0 Å². The average molecular weight is 729 g/mol. The van der Waals surface area contributed by atoms with Gasteiger partial charge in [0.25, 0.3) is 0 Å². The highest BCUT2D eigenvalue weighted by Gasteiger charge is 2.18. The number of hydrogen-bond acceptors (Lipinski definition) is 0. The molecule has 0 spiro atoms. The molecule has 2 heterocycles. The third-order valence-corrected chi connectivity index (χ3v) is 11.8. The number of hydrogen-bond donors (Lipinski definition) is 0. The van der Waals surface area contributed by atoms with Crippen LogP contribution in [0.3, 0.4) is 0 Å². The third kappa shape index (κ3) is 5.72. The first-order valence-corrected chi connectivity index (χ1v) is 20.0. The minimum atomic E-state index is 0.516. The van der Waals surface area contributed by atoms with Gasteiger partial charge in [-0.1, -0.05) is 146 Å². The summed E-state index contributed by atoms with van der Waals surface area (Å²) in [4.78, 5) is 0. The Morgan fingerprint density at radius 1 is 0.368 bits per heavy atom. The van der Waals surface area contributed by atoms with Gasteiger partial charge < -0.3 is 9.13 Å². The molecular formula is C55H40N2. The summed E-state index contributed by atoms with van der Waals surface area (Å²) in [7, 11) is 0. The molecule has 0 bridgehead atoms. The van der Waals surface area contributed by atoms with E-state index in [4.69, 9.17) is 0 Å². The number of rotatable bonds is 6. The second-order valence-electron chi connectivity index (χ2n) is 15.5. The van der Waals surface area contributed by atoms with Crippen molar-refractivity contribution in [3.05, 3.63) is 212 Å². The average Bonchev–Trinajstić information content (AvgIpc) is 3.79. The molecule has 11 rings (SSSR count). The van der Waals surface area contributed by atoms with E-state index in [0.717, 1.165) is 12.1 Å². The molecule has 57 heavy (non-hydrogen) atoms. The molecule has 2 heteroatoms. The monoisotopic (exact) mass is 728 g/mol. The smallest absolute Gasteiger partial charge is 0.0541 e. The van der Waals surface area contributed by atoms with Gasteiger partial charge in [-0.15, -0.1) is 0 Å². The Balaban J connectivity index is 1.07. The highest BCUT2D eigenvalue weighted by molar-refractivity contribution is 6.13. The molecule has 0 N–H and O–H groups in total. The minimum absolute atomic E-state index is 0.516. The van der Waals surface area contributed by atoms with Crippen LogP contribution in [0.25, 0.3) is 93.9 Å². The summed E-state index contributed by atoms with van der Waals surface area (Å²) in [6, 6.07) is 69.0. The largest absolute Gasteiger partial charge is 0.309 e. The summed E-state index contributed by atoms with van der Waals surface area (Å²) < 4.78 is 4.87. The highest BCUT2D eigenvalue weighted by atomic mass is 15.0. The van der Waals surface area contributed by atoms with Crippen molar-refractivity contribution in [3.63, 3.8) is 0 Å². The summed E-state index contributed by atoms with van der Waals surface area (Å²) in [6.45, 7) is 2.30. The van der Waals surface area contributed by atoms with Crippen LogP contribution in [0.2, 0.25) is 0 Å². The molecule has 0 saturated carbocycles. The van der Waals surface area contributed by atoms with E-state index in [9.17, 15) is 0 Å². The van der Waals surface area contributed by atoms with Crippen LogP contribution < -0.4 is 0 Å². The normalized spacial score (nSPS) is 14.2. The maximum Gasteiger partial charge on any atom is 0.0541 e.